The fourth-order valence-corrected chi connectivity index (χ4v) is 3.41. The standard InChI is InChI=1S/C17H36O.C6H11BrO2/c1-3-5-7-9-11-13-15-17(18)16-14-12-10-8-6-4-2;7-5-3-1-2-4-6(8)9/h17-18H,3-16H2,1-2H3;1-5H2,(H,8,9). The van der Waals surface area contributed by atoms with Crippen LogP contribution in [0.25, 0.3) is 0 Å². The Morgan fingerprint density at radius 2 is 1.11 bits per heavy atom. The molecule has 3 nitrogen and oxygen atoms in total. The number of aliphatic carboxylic acids is 1. The van der Waals surface area contributed by atoms with Crippen LogP contribution in [0.1, 0.15) is 129 Å². The first-order valence-electron chi connectivity index (χ1n) is 11.5. The number of hydrogen-bond donors (Lipinski definition) is 2. The van der Waals surface area contributed by atoms with Gasteiger partial charge in [-0.3, -0.25) is 4.79 Å². The van der Waals surface area contributed by atoms with Crippen molar-refractivity contribution in [2.75, 3.05) is 5.33 Å². The summed E-state index contributed by atoms with van der Waals surface area (Å²) in [5, 5.41) is 19.0. The molecule has 164 valence electrons. The van der Waals surface area contributed by atoms with Crippen molar-refractivity contribution in [1.29, 1.82) is 0 Å². The predicted molar refractivity (Wildman–Crippen MR) is 122 cm³/mol. The fraction of sp³-hybridized carbons (Fsp3) is 0.957. The Balaban J connectivity index is 0. The van der Waals surface area contributed by atoms with Gasteiger partial charge in [-0.2, -0.15) is 0 Å². The van der Waals surface area contributed by atoms with Gasteiger partial charge in [0.25, 0.3) is 0 Å². The van der Waals surface area contributed by atoms with Gasteiger partial charge in [0.15, 0.2) is 0 Å². The molecule has 0 spiro atoms. The molecule has 0 amide bonds. The lowest BCUT2D eigenvalue weighted by molar-refractivity contribution is -0.137. The summed E-state index contributed by atoms with van der Waals surface area (Å²) in [5.41, 5.74) is 0. The molecule has 0 aliphatic rings. The number of hydrogen-bond acceptors (Lipinski definition) is 2. The van der Waals surface area contributed by atoms with Crippen LogP contribution in [0.4, 0.5) is 0 Å². The van der Waals surface area contributed by atoms with Crippen molar-refractivity contribution < 1.29 is 15.0 Å². The Morgan fingerprint density at radius 3 is 1.52 bits per heavy atom. The van der Waals surface area contributed by atoms with E-state index in [9.17, 15) is 9.90 Å². The minimum Gasteiger partial charge on any atom is -0.481 e. The molecular weight excluding hydrogens is 404 g/mol. The first-order valence-corrected chi connectivity index (χ1v) is 12.7. The third-order valence-electron chi connectivity index (χ3n) is 4.81. The third kappa shape index (κ3) is 30.9. The normalized spacial score (nSPS) is 10.7. The van der Waals surface area contributed by atoms with E-state index >= 15 is 0 Å². The summed E-state index contributed by atoms with van der Waals surface area (Å²) >= 11 is 3.27. The number of halogens is 1. The number of carbonyl (C=O) groups is 1. The molecule has 0 aliphatic heterocycles. The van der Waals surface area contributed by atoms with Crippen molar-refractivity contribution in [2.45, 2.75) is 136 Å². The van der Waals surface area contributed by atoms with Gasteiger partial charge in [-0.05, 0) is 25.7 Å². The van der Waals surface area contributed by atoms with Crippen molar-refractivity contribution in [3.05, 3.63) is 0 Å². The van der Waals surface area contributed by atoms with Crippen LogP contribution < -0.4 is 0 Å². The number of carboxylic acid groups (broad SMARTS) is 1. The van der Waals surface area contributed by atoms with Crippen LogP contribution in [0.5, 0.6) is 0 Å². The lowest BCUT2D eigenvalue weighted by Gasteiger charge is -2.10. The zero-order valence-electron chi connectivity index (χ0n) is 18.2. The molecule has 0 rings (SSSR count). The molecule has 0 saturated carbocycles. The van der Waals surface area contributed by atoms with E-state index in [1.807, 2.05) is 0 Å². The molecule has 0 aliphatic carbocycles. The molecule has 0 atom stereocenters. The van der Waals surface area contributed by atoms with Crippen molar-refractivity contribution in [3.63, 3.8) is 0 Å². The molecule has 4 heteroatoms. The molecule has 0 aromatic rings. The molecule has 0 heterocycles. The Labute approximate surface area is 177 Å². The van der Waals surface area contributed by atoms with Crippen LogP contribution in [-0.4, -0.2) is 27.6 Å². The molecule has 2 N–H and O–H groups in total. The first kappa shape index (κ1) is 29.1. The van der Waals surface area contributed by atoms with Gasteiger partial charge in [-0.25, -0.2) is 0 Å². The Kier molecular flexibility index (Phi) is 27.9. The van der Waals surface area contributed by atoms with Crippen LogP contribution in [0, 0.1) is 0 Å². The van der Waals surface area contributed by atoms with Gasteiger partial charge in [0, 0.05) is 11.8 Å². The summed E-state index contributed by atoms with van der Waals surface area (Å²) in [6.07, 6.45) is 21.2. The average Bonchev–Trinajstić information content (AvgIpc) is 2.65. The largest absolute Gasteiger partial charge is 0.481 e. The van der Waals surface area contributed by atoms with E-state index in [1.54, 1.807) is 0 Å². The summed E-state index contributed by atoms with van der Waals surface area (Å²) < 4.78 is 0. The number of carboxylic acids is 1. The summed E-state index contributed by atoms with van der Waals surface area (Å²) in [7, 11) is 0. The SMILES string of the molecule is CCCCCCCCC(O)CCCCCCCC.O=C(O)CCCCCBr. The summed E-state index contributed by atoms with van der Waals surface area (Å²) in [4.78, 5) is 9.95. The highest BCUT2D eigenvalue weighted by atomic mass is 79.9. The first-order chi connectivity index (χ1) is 13.1. The highest BCUT2D eigenvalue weighted by Gasteiger charge is 2.03. The van der Waals surface area contributed by atoms with Crippen LogP contribution in [-0.2, 0) is 4.79 Å². The Morgan fingerprint density at radius 1 is 0.704 bits per heavy atom. The van der Waals surface area contributed by atoms with Crippen LogP contribution in [0.2, 0.25) is 0 Å². The molecular formula is C23H47BrO3. The number of aliphatic hydroxyl groups is 1. The Bertz CT molecular complexity index is 269. The highest BCUT2D eigenvalue weighted by Crippen LogP contribution is 2.13. The second-order valence-corrected chi connectivity index (χ2v) is 8.45. The highest BCUT2D eigenvalue weighted by molar-refractivity contribution is 9.09. The van der Waals surface area contributed by atoms with E-state index < -0.39 is 5.97 Å². The van der Waals surface area contributed by atoms with Gasteiger partial charge in [0.2, 0.25) is 0 Å². The zero-order valence-corrected chi connectivity index (χ0v) is 19.8. The van der Waals surface area contributed by atoms with Gasteiger partial charge >= 0.3 is 5.97 Å². The molecule has 0 unspecified atom stereocenters. The maximum absolute atomic E-state index is 9.95. The molecule has 0 aromatic carbocycles. The molecule has 0 aromatic heterocycles. The predicted octanol–water partition coefficient (Wildman–Crippen LogP) is 7.87. The molecule has 0 saturated heterocycles. The molecule has 0 fully saturated rings. The summed E-state index contributed by atoms with van der Waals surface area (Å²) in [6, 6.07) is 0. The van der Waals surface area contributed by atoms with Gasteiger partial charge in [0.05, 0.1) is 6.10 Å². The molecule has 27 heavy (non-hydrogen) atoms. The smallest absolute Gasteiger partial charge is 0.303 e. The molecule has 0 bridgehead atoms. The topological polar surface area (TPSA) is 57.5 Å². The minimum atomic E-state index is -0.690. The van der Waals surface area contributed by atoms with E-state index in [2.05, 4.69) is 29.8 Å². The van der Waals surface area contributed by atoms with E-state index in [-0.39, 0.29) is 6.10 Å². The summed E-state index contributed by atoms with van der Waals surface area (Å²) in [6.45, 7) is 4.51. The monoisotopic (exact) mass is 450 g/mol. The van der Waals surface area contributed by atoms with Crippen molar-refractivity contribution in [2.24, 2.45) is 0 Å². The quantitative estimate of drug-likeness (QED) is 0.155. The number of aliphatic hydroxyl groups excluding tert-OH is 1. The van der Waals surface area contributed by atoms with E-state index in [0.29, 0.717) is 6.42 Å². The third-order valence-corrected chi connectivity index (χ3v) is 5.37. The van der Waals surface area contributed by atoms with Gasteiger partial charge < -0.3 is 10.2 Å². The van der Waals surface area contributed by atoms with Crippen molar-refractivity contribution in [1.82, 2.24) is 0 Å². The fourth-order valence-electron chi connectivity index (χ4n) is 3.01. The van der Waals surface area contributed by atoms with Gasteiger partial charge in [-0.15, -0.1) is 0 Å². The number of unbranched alkanes of at least 4 members (excludes halogenated alkanes) is 12. The van der Waals surface area contributed by atoms with E-state index in [0.717, 1.165) is 37.4 Å². The second kappa shape index (κ2) is 25.9. The van der Waals surface area contributed by atoms with Crippen LogP contribution >= 0.6 is 15.9 Å². The van der Waals surface area contributed by atoms with Crippen LogP contribution in [0.3, 0.4) is 0 Å². The van der Waals surface area contributed by atoms with Gasteiger partial charge in [0.1, 0.15) is 0 Å². The van der Waals surface area contributed by atoms with Crippen molar-refractivity contribution in [3.8, 4) is 0 Å². The molecule has 0 radical (unpaired) electrons. The zero-order chi connectivity index (χ0) is 20.6. The van der Waals surface area contributed by atoms with E-state index in [1.165, 1.54) is 77.0 Å². The maximum atomic E-state index is 9.95. The maximum Gasteiger partial charge on any atom is 0.303 e. The van der Waals surface area contributed by atoms with Crippen molar-refractivity contribution >= 4 is 21.9 Å². The minimum absolute atomic E-state index is 0.0256. The summed E-state index contributed by atoms with van der Waals surface area (Å²) in [5.74, 6) is -0.690. The number of alkyl halides is 1. The van der Waals surface area contributed by atoms with E-state index in [4.69, 9.17) is 5.11 Å². The van der Waals surface area contributed by atoms with Gasteiger partial charge in [-0.1, -0.05) is 113 Å². The van der Waals surface area contributed by atoms with Crippen LogP contribution in [0.15, 0.2) is 0 Å². The lowest BCUT2D eigenvalue weighted by atomic mass is 10.0. The lowest BCUT2D eigenvalue weighted by Crippen LogP contribution is -2.05. The Hall–Kier alpha value is -0.0900. The number of rotatable bonds is 19. The second-order valence-electron chi connectivity index (χ2n) is 7.66. The average molecular weight is 452 g/mol.